The molecule has 0 radical (unpaired) electrons. The monoisotopic (exact) mass is 431 g/mol. The number of nitrogens with two attached hydrogens (primary N) is 1. The van der Waals surface area contributed by atoms with Gasteiger partial charge >= 0.3 is 0 Å². The Kier molecular flexibility index (Phi) is 5.59. The van der Waals surface area contributed by atoms with Gasteiger partial charge in [-0.3, -0.25) is 19.7 Å². The molecule has 0 unspecified atom stereocenters. The number of hydrogen-bond donors (Lipinski definition) is 2. The lowest BCUT2D eigenvalue weighted by atomic mass is 9.95. The zero-order chi connectivity index (χ0) is 22.8. The normalized spacial score (nSPS) is 13.0. The maximum Gasteiger partial charge on any atom is 0.269 e. The Hall–Kier alpha value is -4.20. The minimum Gasteiger partial charge on any atom is -0.496 e. The number of benzene rings is 3. The van der Waals surface area contributed by atoms with Crippen molar-refractivity contribution in [1.82, 2.24) is 5.32 Å². The number of nitrogens with one attached hydrogen (secondary N) is 1. The van der Waals surface area contributed by atoms with Crippen molar-refractivity contribution < 1.29 is 19.2 Å². The van der Waals surface area contributed by atoms with Gasteiger partial charge in [-0.1, -0.05) is 48.5 Å². The van der Waals surface area contributed by atoms with Crippen LogP contribution >= 0.6 is 0 Å². The fraction of sp³-hybridized carbons (Fsp3) is 0.167. The van der Waals surface area contributed by atoms with Gasteiger partial charge in [-0.2, -0.15) is 0 Å². The first kappa shape index (κ1) is 21.0. The van der Waals surface area contributed by atoms with Gasteiger partial charge in [0, 0.05) is 24.1 Å². The van der Waals surface area contributed by atoms with E-state index >= 15 is 0 Å². The fourth-order valence-electron chi connectivity index (χ4n) is 4.17. The van der Waals surface area contributed by atoms with Crippen LogP contribution in [0.3, 0.4) is 0 Å². The SMILES string of the molecule is COc1ccc([N+](=O)[O-])cc1C[C@@H](NC(=O)C1c2ccccc2-c2ccccc21)C(N)=O. The van der Waals surface area contributed by atoms with Crippen molar-refractivity contribution in [2.45, 2.75) is 18.4 Å². The number of nitro groups is 1. The Morgan fingerprint density at radius 3 is 2.19 bits per heavy atom. The van der Waals surface area contributed by atoms with E-state index in [4.69, 9.17) is 10.5 Å². The molecule has 4 rings (SSSR count). The summed E-state index contributed by atoms with van der Waals surface area (Å²) in [7, 11) is 1.43. The average Bonchev–Trinajstić information content (AvgIpc) is 3.13. The van der Waals surface area contributed by atoms with Crippen molar-refractivity contribution in [1.29, 1.82) is 0 Å². The minimum absolute atomic E-state index is 0.0397. The van der Waals surface area contributed by atoms with Gasteiger partial charge in [-0.15, -0.1) is 0 Å². The fourth-order valence-corrected chi connectivity index (χ4v) is 4.17. The Labute approximate surface area is 184 Å². The van der Waals surface area contributed by atoms with Gasteiger partial charge in [0.2, 0.25) is 11.8 Å². The number of nitro benzene ring substituents is 1. The molecule has 0 spiro atoms. The van der Waals surface area contributed by atoms with Gasteiger partial charge in [-0.25, -0.2) is 0 Å². The molecule has 1 aliphatic rings. The van der Waals surface area contributed by atoms with Gasteiger partial charge in [-0.05, 0) is 28.3 Å². The predicted molar refractivity (Wildman–Crippen MR) is 118 cm³/mol. The van der Waals surface area contributed by atoms with E-state index in [0.29, 0.717) is 11.3 Å². The number of amides is 2. The largest absolute Gasteiger partial charge is 0.496 e. The molecular formula is C24H21N3O5. The van der Waals surface area contributed by atoms with E-state index in [-0.39, 0.29) is 18.0 Å². The molecule has 32 heavy (non-hydrogen) atoms. The van der Waals surface area contributed by atoms with Crippen LogP contribution in [0.4, 0.5) is 5.69 Å². The molecule has 0 heterocycles. The molecule has 8 nitrogen and oxygen atoms in total. The number of carbonyl (C=O) groups excluding carboxylic acids is 2. The summed E-state index contributed by atoms with van der Waals surface area (Å²) in [4.78, 5) is 36.2. The molecule has 162 valence electrons. The van der Waals surface area contributed by atoms with E-state index in [9.17, 15) is 19.7 Å². The van der Waals surface area contributed by atoms with Crippen molar-refractivity contribution in [3.8, 4) is 16.9 Å². The number of carbonyl (C=O) groups is 2. The molecule has 2 amide bonds. The molecule has 0 aromatic heterocycles. The lowest BCUT2D eigenvalue weighted by Crippen LogP contribution is -2.47. The van der Waals surface area contributed by atoms with Crippen LogP contribution in [0.25, 0.3) is 11.1 Å². The van der Waals surface area contributed by atoms with Crippen molar-refractivity contribution in [2.24, 2.45) is 5.73 Å². The summed E-state index contributed by atoms with van der Waals surface area (Å²) < 4.78 is 5.27. The molecule has 8 heteroatoms. The molecule has 1 aliphatic carbocycles. The first-order chi connectivity index (χ1) is 15.4. The first-order valence-corrected chi connectivity index (χ1v) is 10.00. The molecule has 0 bridgehead atoms. The van der Waals surface area contributed by atoms with Crippen LogP contribution in [0.2, 0.25) is 0 Å². The van der Waals surface area contributed by atoms with Crippen molar-refractivity contribution in [3.05, 3.63) is 93.5 Å². The highest BCUT2D eigenvalue weighted by molar-refractivity contribution is 5.98. The highest BCUT2D eigenvalue weighted by Gasteiger charge is 2.35. The molecule has 3 N–H and O–H groups in total. The summed E-state index contributed by atoms with van der Waals surface area (Å²) in [5, 5.41) is 13.9. The molecule has 1 atom stereocenters. The molecule has 0 fully saturated rings. The van der Waals surface area contributed by atoms with Gasteiger partial charge in [0.1, 0.15) is 11.8 Å². The smallest absolute Gasteiger partial charge is 0.269 e. The topological polar surface area (TPSA) is 125 Å². The van der Waals surface area contributed by atoms with Crippen LogP contribution in [0.1, 0.15) is 22.6 Å². The number of primary amides is 1. The lowest BCUT2D eigenvalue weighted by molar-refractivity contribution is -0.384. The van der Waals surface area contributed by atoms with E-state index < -0.39 is 22.8 Å². The van der Waals surface area contributed by atoms with Gasteiger partial charge in [0.15, 0.2) is 0 Å². The molecule has 0 saturated carbocycles. The number of rotatable bonds is 7. The summed E-state index contributed by atoms with van der Waals surface area (Å²) in [6.07, 6.45) is -0.0397. The molecule has 3 aromatic carbocycles. The first-order valence-electron chi connectivity index (χ1n) is 10.00. The second kappa shape index (κ2) is 8.50. The van der Waals surface area contributed by atoms with Crippen LogP contribution < -0.4 is 15.8 Å². The Bertz CT molecular complexity index is 1180. The van der Waals surface area contributed by atoms with Crippen LogP contribution in [0, 0.1) is 10.1 Å². The molecular weight excluding hydrogens is 410 g/mol. The zero-order valence-corrected chi connectivity index (χ0v) is 17.3. The standard InChI is InChI=1S/C24H21N3O5/c1-32-21-11-10-15(27(30)31)12-14(21)13-20(23(25)28)26-24(29)22-18-8-4-2-6-16(18)17-7-3-5-9-19(17)22/h2-12,20,22H,13H2,1H3,(H2,25,28)(H,26,29)/t20-/m1/s1. The van der Waals surface area contributed by atoms with E-state index in [1.54, 1.807) is 0 Å². The van der Waals surface area contributed by atoms with Crippen LogP contribution in [-0.2, 0) is 16.0 Å². The molecule has 0 saturated heterocycles. The number of methoxy groups -OCH3 is 1. The third-order valence-corrected chi connectivity index (χ3v) is 5.65. The Morgan fingerprint density at radius 2 is 1.66 bits per heavy atom. The summed E-state index contributed by atoms with van der Waals surface area (Å²) in [5.41, 5.74) is 9.48. The van der Waals surface area contributed by atoms with Crippen LogP contribution in [0.15, 0.2) is 66.7 Å². The van der Waals surface area contributed by atoms with Crippen molar-refractivity contribution >= 4 is 17.5 Å². The van der Waals surface area contributed by atoms with E-state index in [2.05, 4.69) is 5.32 Å². The maximum absolute atomic E-state index is 13.3. The second-order valence-corrected chi connectivity index (χ2v) is 7.53. The third kappa shape index (κ3) is 3.78. The lowest BCUT2D eigenvalue weighted by Gasteiger charge is -2.20. The second-order valence-electron chi connectivity index (χ2n) is 7.53. The summed E-state index contributed by atoms with van der Waals surface area (Å²) in [6, 6.07) is 18.3. The van der Waals surface area contributed by atoms with Crippen LogP contribution in [-0.4, -0.2) is 29.9 Å². The van der Waals surface area contributed by atoms with E-state index in [1.165, 1.54) is 25.3 Å². The summed E-state index contributed by atoms with van der Waals surface area (Å²) in [6.45, 7) is 0. The van der Waals surface area contributed by atoms with E-state index in [0.717, 1.165) is 22.3 Å². The zero-order valence-electron chi connectivity index (χ0n) is 17.3. The van der Waals surface area contributed by atoms with Gasteiger partial charge in [0.25, 0.3) is 5.69 Å². The quantitative estimate of drug-likeness (QED) is 0.440. The highest BCUT2D eigenvalue weighted by atomic mass is 16.6. The number of nitrogens with zero attached hydrogens (tertiary/aromatic N) is 1. The highest BCUT2D eigenvalue weighted by Crippen LogP contribution is 2.44. The average molecular weight is 431 g/mol. The Balaban J connectivity index is 1.64. The minimum atomic E-state index is -1.07. The Morgan fingerprint density at radius 1 is 1.06 bits per heavy atom. The number of fused-ring (bicyclic) bond motifs is 3. The number of ether oxygens (including phenoxy) is 1. The van der Waals surface area contributed by atoms with E-state index in [1.807, 2.05) is 48.5 Å². The summed E-state index contributed by atoms with van der Waals surface area (Å²) in [5.74, 6) is -1.33. The molecule has 0 aliphatic heterocycles. The predicted octanol–water partition coefficient (Wildman–Crippen LogP) is 2.93. The number of non-ortho nitro benzene ring substituents is 1. The van der Waals surface area contributed by atoms with Crippen molar-refractivity contribution in [3.63, 3.8) is 0 Å². The maximum atomic E-state index is 13.3. The van der Waals surface area contributed by atoms with Crippen molar-refractivity contribution in [2.75, 3.05) is 7.11 Å². The van der Waals surface area contributed by atoms with Crippen LogP contribution in [0.5, 0.6) is 5.75 Å². The number of hydrogen-bond acceptors (Lipinski definition) is 5. The van der Waals surface area contributed by atoms with Gasteiger partial charge < -0.3 is 15.8 Å². The third-order valence-electron chi connectivity index (χ3n) is 5.65. The summed E-state index contributed by atoms with van der Waals surface area (Å²) >= 11 is 0. The molecule has 3 aromatic rings. The van der Waals surface area contributed by atoms with Gasteiger partial charge in [0.05, 0.1) is 18.0 Å².